The summed E-state index contributed by atoms with van der Waals surface area (Å²) in [6.07, 6.45) is 0. The van der Waals surface area contributed by atoms with Crippen LogP contribution in [0.25, 0.3) is 0 Å². The highest BCUT2D eigenvalue weighted by Crippen LogP contribution is 2.34. The predicted octanol–water partition coefficient (Wildman–Crippen LogP) is 3.28. The van der Waals surface area contributed by atoms with E-state index in [2.05, 4.69) is 0 Å². The van der Waals surface area contributed by atoms with E-state index in [9.17, 15) is 4.79 Å². The number of hydrogen-bond donors (Lipinski definition) is 0. The smallest absolute Gasteiger partial charge is 0.265 e. The molecule has 1 aliphatic rings. The molecule has 5 nitrogen and oxygen atoms in total. The van der Waals surface area contributed by atoms with Gasteiger partial charge in [0.25, 0.3) is 5.91 Å². The molecule has 6 heteroatoms. The number of amides is 1. The maximum Gasteiger partial charge on any atom is 0.265 e. The van der Waals surface area contributed by atoms with Crippen LogP contribution in [0.3, 0.4) is 0 Å². The Morgan fingerprint density at radius 3 is 2.61 bits per heavy atom. The van der Waals surface area contributed by atoms with Gasteiger partial charge in [0.1, 0.15) is 5.75 Å². The van der Waals surface area contributed by atoms with Crippen LogP contribution in [0.4, 0.5) is 5.69 Å². The van der Waals surface area contributed by atoms with Crippen LogP contribution in [-0.2, 0) is 11.3 Å². The number of rotatable bonds is 3. The van der Waals surface area contributed by atoms with E-state index in [0.29, 0.717) is 34.5 Å². The Bertz CT molecular complexity index is 747. The molecule has 0 aliphatic carbocycles. The predicted molar refractivity (Wildman–Crippen MR) is 87.7 cm³/mol. The van der Waals surface area contributed by atoms with Crippen molar-refractivity contribution in [2.45, 2.75) is 6.54 Å². The quantitative estimate of drug-likeness (QED) is 0.865. The highest BCUT2D eigenvalue weighted by molar-refractivity contribution is 6.30. The number of fused-ring (bicyclic) bond motifs is 1. The molecule has 3 rings (SSSR count). The molecule has 0 spiro atoms. The Labute approximate surface area is 139 Å². The molecule has 2 aromatic rings. The Balaban J connectivity index is 1.99. The van der Waals surface area contributed by atoms with Crippen LogP contribution in [-0.4, -0.2) is 26.7 Å². The molecule has 23 heavy (non-hydrogen) atoms. The van der Waals surface area contributed by atoms with E-state index in [1.54, 1.807) is 43.4 Å². The summed E-state index contributed by atoms with van der Waals surface area (Å²) in [4.78, 5) is 14.1. The largest absolute Gasteiger partial charge is 0.493 e. The van der Waals surface area contributed by atoms with Gasteiger partial charge >= 0.3 is 0 Å². The van der Waals surface area contributed by atoms with E-state index in [1.165, 1.54) is 0 Å². The Morgan fingerprint density at radius 2 is 1.87 bits per heavy atom. The van der Waals surface area contributed by atoms with Crippen LogP contribution >= 0.6 is 11.6 Å². The second-order valence-electron chi connectivity index (χ2n) is 5.06. The van der Waals surface area contributed by atoms with Gasteiger partial charge in [0, 0.05) is 22.3 Å². The number of carbonyl (C=O) groups excluding carboxylic acids is 1. The lowest BCUT2D eigenvalue weighted by atomic mass is 10.1. The molecule has 1 amide bonds. The minimum absolute atomic E-state index is 0.0248. The summed E-state index contributed by atoms with van der Waals surface area (Å²) in [5, 5.41) is 0.606. The highest BCUT2D eigenvalue weighted by Gasteiger charge is 2.24. The van der Waals surface area contributed by atoms with Crippen LogP contribution in [0.15, 0.2) is 36.4 Å². The third kappa shape index (κ3) is 3.05. The summed E-state index contributed by atoms with van der Waals surface area (Å²) in [6, 6.07) is 10.7. The molecular weight excluding hydrogens is 318 g/mol. The van der Waals surface area contributed by atoms with Crippen molar-refractivity contribution in [3.8, 4) is 17.2 Å². The molecule has 120 valence electrons. The summed E-state index contributed by atoms with van der Waals surface area (Å²) in [5.41, 5.74) is 1.57. The maximum absolute atomic E-state index is 12.4. The lowest BCUT2D eigenvalue weighted by molar-refractivity contribution is -0.120. The van der Waals surface area contributed by atoms with Crippen LogP contribution in [0.1, 0.15) is 5.56 Å². The van der Waals surface area contributed by atoms with E-state index < -0.39 is 0 Å². The third-order valence-electron chi connectivity index (χ3n) is 3.68. The molecule has 0 bridgehead atoms. The van der Waals surface area contributed by atoms with Gasteiger partial charge in [-0.15, -0.1) is 0 Å². The molecule has 0 unspecified atom stereocenters. The summed E-state index contributed by atoms with van der Waals surface area (Å²) in [7, 11) is 3.13. The minimum Gasteiger partial charge on any atom is -0.493 e. The average Bonchev–Trinajstić information content (AvgIpc) is 2.73. The van der Waals surface area contributed by atoms with Gasteiger partial charge in [-0.1, -0.05) is 11.6 Å². The fraction of sp³-hybridized carbons (Fsp3) is 0.235. The lowest BCUT2D eigenvalue weighted by Gasteiger charge is -2.21. The Morgan fingerprint density at radius 1 is 1.09 bits per heavy atom. The summed E-state index contributed by atoms with van der Waals surface area (Å²) < 4.78 is 16.1. The van der Waals surface area contributed by atoms with Crippen molar-refractivity contribution >= 4 is 23.2 Å². The van der Waals surface area contributed by atoms with Gasteiger partial charge in [-0.3, -0.25) is 4.79 Å². The first kappa shape index (κ1) is 15.5. The Hall–Kier alpha value is -2.40. The number of ether oxygens (including phenoxy) is 3. The fourth-order valence-corrected chi connectivity index (χ4v) is 2.71. The zero-order chi connectivity index (χ0) is 16.4. The standard InChI is InChI=1S/C17H16ClNO4/c1-21-15-6-4-13(8-16(15)22-2)19-9-11-7-12(18)3-5-14(11)23-10-17(19)20/h3-8H,9-10H2,1-2H3. The topological polar surface area (TPSA) is 48.0 Å². The fourth-order valence-electron chi connectivity index (χ4n) is 2.52. The first-order chi connectivity index (χ1) is 11.1. The molecule has 1 aliphatic heterocycles. The van der Waals surface area contributed by atoms with Gasteiger partial charge in [-0.05, 0) is 30.3 Å². The zero-order valence-corrected chi connectivity index (χ0v) is 13.6. The van der Waals surface area contributed by atoms with E-state index in [4.69, 9.17) is 25.8 Å². The number of hydrogen-bond acceptors (Lipinski definition) is 4. The number of carbonyl (C=O) groups is 1. The van der Waals surface area contributed by atoms with Crippen molar-refractivity contribution in [2.24, 2.45) is 0 Å². The summed E-state index contributed by atoms with van der Waals surface area (Å²) in [5.74, 6) is 1.71. The molecule has 0 atom stereocenters. The first-order valence-electron chi connectivity index (χ1n) is 7.06. The molecule has 0 saturated carbocycles. The normalized spacial score (nSPS) is 13.9. The summed E-state index contributed by atoms with van der Waals surface area (Å²) >= 11 is 6.05. The average molecular weight is 334 g/mol. The van der Waals surface area contributed by atoms with Crippen molar-refractivity contribution in [1.29, 1.82) is 0 Å². The van der Waals surface area contributed by atoms with Crippen molar-refractivity contribution in [3.05, 3.63) is 47.0 Å². The van der Waals surface area contributed by atoms with Crippen molar-refractivity contribution in [2.75, 3.05) is 25.7 Å². The second kappa shape index (κ2) is 6.38. The summed E-state index contributed by atoms with van der Waals surface area (Å²) in [6.45, 7) is 0.354. The molecule has 1 heterocycles. The first-order valence-corrected chi connectivity index (χ1v) is 7.44. The van der Waals surface area contributed by atoms with Gasteiger partial charge in [-0.25, -0.2) is 0 Å². The highest BCUT2D eigenvalue weighted by atomic mass is 35.5. The van der Waals surface area contributed by atoms with Gasteiger partial charge < -0.3 is 19.1 Å². The molecular formula is C17H16ClNO4. The molecule has 0 saturated heterocycles. The molecule has 0 radical (unpaired) electrons. The molecule has 0 fully saturated rings. The van der Waals surface area contributed by atoms with E-state index in [-0.39, 0.29) is 12.5 Å². The van der Waals surface area contributed by atoms with E-state index in [1.807, 2.05) is 12.1 Å². The molecule has 0 aromatic heterocycles. The van der Waals surface area contributed by atoms with Crippen LogP contribution in [0.5, 0.6) is 17.2 Å². The SMILES string of the molecule is COc1ccc(N2Cc3cc(Cl)ccc3OCC2=O)cc1OC. The number of halogens is 1. The van der Waals surface area contributed by atoms with Crippen LogP contribution < -0.4 is 19.1 Å². The zero-order valence-electron chi connectivity index (χ0n) is 12.8. The van der Waals surface area contributed by atoms with Crippen molar-refractivity contribution < 1.29 is 19.0 Å². The van der Waals surface area contributed by atoms with Gasteiger partial charge in [0.05, 0.1) is 20.8 Å². The van der Waals surface area contributed by atoms with Gasteiger partial charge in [0.15, 0.2) is 18.1 Å². The van der Waals surface area contributed by atoms with Crippen molar-refractivity contribution in [3.63, 3.8) is 0 Å². The van der Waals surface area contributed by atoms with Crippen molar-refractivity contribution in [1.82, 2.24) is 0 Å². The van der Waals surface area contributed by atoms with Crippen LogP contribution in [0, 0.1) is 0 Å². The Kier molecular flexibility index (Phi) is 4.30. The number of benzene rings is 2. The molecule has 2 aromatic carbocycles. The lowest BCUT2D eigenvalue weighted by Crippen LogP contribution is -2.32. The minimum atomic E-state index is -0.135. The monoisotopic (exact) mass is 333 g/mol. The second-order valence-corrected chi connectivity index (χ2v) is 5.50. The third-order valence-corrected chi connectivity index (χ3v) is 3.92. The van der Waals surface area contributed by atoms with Gasteiger partial charge in [-0.2, -0.15) is 0 Å². The van der Waals surface area contributed by atoms with Gasteiger partial charge in [0.2, 0.25) is 0 Å². The van der Waals surface area contributed by atoms with E-state index in [0.717, 1.165) is 5.56 Å². The molecule has 0 N–H and O–H groups in total. The van der Waals surface area contributed by atoms with Crippen LogP contribution in [0.2, 0.25) is 5.02 Å². The number of anilines is 1. The number of nitrogens with zero attached hydrogens (tertiary/aromatic N) is 1. The number of methoxy groups -OCH3 is 2. The van der Waals surface area contributed by atoms with E-state index >= 15 is 0 Å². The maximum atomic E-state index is 12.4.